The van der Waals surface area contributed by atoms with Crippen LogP contribution in [0.5, 0.6) is 0 Å². The smallest absolute Gasteiger partial charge is 0.123 e. The predicted octanol–water partition coefficient (Wildman–Crippen LogP) is 3.59. The number of thiazole rings is 1. The molecule has 1 aromatic carbocycles. The number of hydrogen-bond donors (Lipinski definition) is 1. The standard InChI is InChI=1S/C18H21N5S.2ClH/c1-22(12-15-9-16-10-19-7-8-23(16)21-15)13-17-11-20-18(24-17)14-5-3-2-4-6-14;;/h2-6,9,11,19H,7-8,10,12-13H2,1H3;2*1H. The molecular weight excluding hydrogens is 389 g/mol. The summed E-state index contributed by atoms with van der Waals surface area (Å²) in [6, 6.07) is 12.6. The molecule has 0 unspecified atom stereocenters. The largest absolute Gasteiger partial charge is 0.309 e. The van der Waals surface area contributed by atoms with E-state index in [2.05, 4.69) is 57.3 Å². The molecule has 1 N–H and O–H groups in total. The van der Waals surface area contributed by atoms with E-state index < -0.39 is 0 Å². The highest BCUT2D eigenvalue weighted by Gasteiger charge is 2.13. The molecule has 4 rings (SSSR count). The maximum atomic E-state index is 4.71. The maximum absolute atomic E-state index is 4.71. The summed E-state index contributed by atoms with van der Waals surface area (Å²) in [5.41, 5.74) is 3.61. The van der Waals surface area contributed by atoms with Crippen LogP contribution in [-0.2, 0) is 26.2 Å². The lowest BCUT2D eigenvalue weighted by molar-refractivity contribution is 0.315. The Labute approximate surface area is 170 Å². The van der Waals surface area contributed by atoms with Crippen molar-refractivity contribution >= 4 is 36.2 Å². The van der Waals surface area contributed by atoms with Crippen molar-refractivity contribution in [2.75, 3.05) is 13.6 Å². The van der Waals surface area contributed by atoms with Crippen LogP contribution < -0.4 is 5.32 Å². The summed E-state index contributed by atoms with van der Waals surface area (Å²) in [6.07, 6.45) is 1.99. The van der Waals surface area contributed by atoms with Crippen molar-refractivity contribution < 1.29 is 0 Å². The van der Waals surface area contributed by atoms with Gasteiger partial charge in [0.15, 0.2) is 0 Å². The van der Waals surface area contributed by atoms with Gasteiger partial charge in [-0.2, -0.15) is 5.10 Å². The molecule has 0 bridgehead atoms. The Morgan fingerprint density at radius 1 is 1.19 bits per heavy atom. The monoisotopic (exact) mass is 411 g/mol. The van der Waals surface area contributed by atoms with E-state index in [1.54, 1.807) is 11.3 Å². The van der Waals surface area contributed by atoms with E-state index >= 15 is 0 Å². The number of aromatic nitrogens is 3. The Morgan fingerprint density at radius 2 is 2.00 bits per heavy atom. The van der Waals surface area contributed by atoms with Gasteiger partial charge < -0.3 is 5.32 Å². The SMILES string of the molecule is CN(Cc1cc2n(n1)CCNC2)Cc1cnc(-c2ccccc2)s1.Cl.Cl. The van der Waals surface area contributed by atoms with Crippen molar-refractivity contribution in [3.05, 3.63) is 58.9 Å². The number of benzene rings is 1. The average molecular weight is 412 g/mol. The zero-order valence-corrected chi connectivity index (χ0v) is 17.0. The van der Waals surface area contributed by atoms with Crippen LogP contribution in [-0.4, -0.2) is 33.3 Å². The molecule has 3 heterocycles. The molecule has 0 radical (unpaired) electrons. The van der Waals surface area contributed by atoms with Gasteiger partial charge in [-0.05, 0) is 13.1 Å². The molecule has 0 saturated carbocycles. The van der Waals surface area contributed by atoms with E-state index in [1.807, 2.05) is 12.3 Å². The molecule has 1 aliphatic rings. The minimum absolute atomic E-state index is 0. The Balaban J connectivity index is 0.00000121. The normalized spacial score (nSPS) is 13.0. The number of fused-ring (bicyclic) bond motifs is 1. The molecule has 140 valence electrons. The van der Waals surface area contributed by atoms with Crippen LogP contribution in [0.15, 0.2) is 42.6 Å². The van der Waals surface area contributed by atoms with Crippen molar-refractivity contribution in [1.29, 1.82) is 0 Å². The van der Waals surface area contributed by atoms with Crippen LogP contribution in [0.3, 0.4) is 0 Å². The summed E-state index contributed by atoms with van der Waals surface area (Å²) in [6.45, 7) is 4.65. The minimum Gasteiger partial charge on any atom is -0.309 e. The third-order valence-electron chi connectivity index (χ3n) is 4.15. The van der Waals surface area contributed by atoms with Gasteiger partial charge in [-0.15, -0.1) is 36.2 Å². The van der Waals surface area contributed by atoms with Crippen molar-refractivity contribution in [2.24, 2.45) is 0 Å². The zero-order valence-electron chi connectivity index (χ0n) is 14.6. The topological polar surface area (TPSA) is 46.0 Å². The molecule has 26 heavy (non-hydrogen) atoms. The van der Waals surface area contributed by atoms with Gasteiger partial charge in [-0.1, -0.05) is 30.3 Å². The highest BCUT2D eigenvalue weighted by Crippen LogP contribution is 2.25. The molecule has 0 atom stereocenters. The Bertz CT molecular complexity index is 795. The number of halogens is 2. The van der Waals surface area contributed by atoms with Crippen LogP contribution in [0.4, 0.5) is 0 Å². The fourth-order valence-electron chi connectivity index (χ4n) is 3.02. The second-order valence-electron chi connectivity index (χ2n) is 6.20. The lowest BCUT2D eigenvalue weighted by Gasteiger charge is -2.14. The van der Waals surface area contributed by atoms with Crippen LogP contribution in [0.2, 0.25) is 0 Å². The van der Waals surface area contributed by atoms with Crippen LogP contribution >= 0.6 is 36.2 Å². The third kappa shape index (κ3) is 4.84. The predicted molar refractivity (Wildman–Crippen MR) is 111 cm³/mol. The first-order chi connectivity index (χ1) is 11.8. The van der Waals surface area contributed by atoms with E-state index in [9.17, 15) is 0 Å². The van der Waals surface area contributed by atoms with Crippen LogP contribution in [0.25, 0.3) is 10.6 Å². The lowest BCUT2D eigenvalue weighted by atomic mass is 10.2. The maximum Gasteiger partial charge on any atom is 0.123 e. The van der Waals surface area contributed by atoms with Crippen molar-refractivity contribution in [3.8, 4) is 10.6 Å². The summed E-state index contributed by atoms with van der Waals surface area (Å²) >= 11 is 1.76. The lowest BCUT2D eigenvalue weighted by Crippen LogP contribution is -2.28. The van der Waals surface area contributed by atoms with Gasteiger partial charge in [0.1, 0.15) is 5.01 Å². The van der Waals surface area contributed by atoms with Gasteiger partial charge in [0.25, 0.3) is 0 Å². The highest BCUT2D eigenvalue weighted by atomic mass is 35.5. The molecular formula is C18H23Cl2N5S. The highest BCUT2D eigenvalue weighted by molar-refractivity contribution is 7.15. The third-order valence-corrected chi connectivity index (χ3v) is 5.18. The number of nitrogens with one attached hydrogen (secondary N) is 1. The van der Waals surface area contributed by atoms with E-state index in [0.29, 0.717) is 0 Å². The first-order valence-electron chi connectivity index (χ1n) is 8.23. The summed E-state index contributed by atoms with van der Waals surface area (Å²) in [5, 5.41) is 9.18. The summed E-state index contributed by atoms with van der Waals surface area (Å²) in [5.74, 6) is 0. The number of hydrogen-bond acceptors (Lipinski definition) is 5. The summed E-state index contributed by atoms with van der Waals surface area (Å²) < 4.78 is 2.12. The Morgan fingerprint density at radius 3 is 2.77 bits per heavy atom. The second-order valence-corrected chi connectivity index (χ2v) is 7.31. The molecule has 0 aliphatic carbocycles. The van der Waals surface area contributed by atoms with Crippen LogP contribution in [0.1, 0.15) is 16.3 Å². The Kier molecular flexibility index (Phi) is 7.61. The van der Waals surface area contributed by atoms with Crippen molar-refractivity contribution in [1.82, 2.24) is 25.0 Å². The quantitative estimate of drug-likeness (QED) is 0.696. The molecule has 1 aliphatic heterocycles. The molecule has 0 fully saturated rings. The molecule has 2 aromatic heterocycles. The molecule has 3 aromatic rings. The van der Waals surface area contributed by atoms with Gasteiger partial charge in [0.2, 0.25) is 0 Å². The van der Waals surface area contributed by atoms with Gasteiger partial charge in [-0.3, -0.25) is 9.58 Å². The fraction of sp³-hybridized carbons (Fsp3) is 0.333. The fourth-order valence-corrected chi connectivity index (χ4v) is 4.02. The molecule has 0 amide bonds. The average Bonchev–Trinajstić information content (AvgIpc) is 3.21. The van der Waals surface area contributed by atoms with Gasteiger partial charge in [-0.25, -0.2) is 4.98 Å². The van der Waals surface area contributed by atoms with E-state index in [0.717, 1.165) is 43.4 Å². The summed E-state index contributed by atoms with van der Waals surface area (Å²) in [7, 11) is 2.14. The van der Waals surface area contributed by atoms with Gasteiger partial charge in [0.05, 0.1) is 17.9 Å². The van der Waals surface area contributed by atoms with Gasteiger partial charge in [0, 0.05) is 42.8 Å². The zero-order chi connectivity index (χ0) is 16.4. The minimum atomic E-state index is 0. The molecule has 0 spiro atoms. The van der Waals surface area contributed by atoms with Crippen LogP contribution in [0, 0.1) is 0 Å². The molecule has 5 nitrogen and oxygen atoms in total. The van der Waals surface area contributed by atoms with E-state index in [4.69, 9.17) is 5.10 Å². The Hall–Kier alpha value is -1.44. The number of rotatable bonds is 5. The summed E-state index contributed by atoms with van der Waals surface area (Å²) in [4.78, 5) is 8.14. The van der Waals surface area contributed by atoms with Gasteiger partial charge >= 0.3 is 0 Å². The second kappa shape index (κ2) is 9.48. The molecule has 8 heteroatoms. The van der Waals surface area contributed by atoms with E-state index in [1.165, 1.54) is 16.1 Å². The first kappa shape index (κ1) is 20.9. The van der Waals surface area contributed by atoms with Crippen molar-refractivity contribution in [2.45, 2.75) is 26.2 Å². The van der Waals surface area contributed by atoms with Crippen molar-refractivity contribution in [3.63, 3.8) is 0 Å². The first-order valence-corrected chi connectivity index (χ1v) is 9.04. The molecule has 0 saturated heterocycles. The van der Waals surface area contributed by atoms with E-state index in [-0.39, 0.29) is 24.8 Å². The number of nitrogens with zero attached hydrogens (tertiary/aromatic N) is 4.